The van der Waals surface area contributed by atoms with E-state index in [0.717, 1.165) is 25.2 Å². The van der Waals surface area contributed by atoms with Crippen molar-refractivity contribution in [3.63, 3.8) is 0 Å². The summed E-state index contributed by atoms with van der Waals surface area (Å²) in [5, 5.41) is 9.08. The third-order valence-corrected chi connectivity index (χ3v) is 4.02. The fourth-order valence-corrected chi connectivity index (χ4v) is 2.53. The number of anilines is 1. The van der Waals surface area contributed by atoms with Gasteiger partial charge in [-0.15, -0.1) is 0 Å². The van der Waals surface area contributed by atoms with Gasteiger partial charge >= 0.3 is 5.97 Å². The van der Waals surface area contributed by atoms with Gasteiger partial charge in [-0.25, -0.2) is 0 Å². The van der Waals surface area contributed by atoms with Gasteiger partial charge in [-0.1, -0.05) is 19.1 Å². The molecule has 2 unspecified atom stereocenters. The molecule has 0 bridgehead atoms. The van der Waals surface area contributed by atoms with E-state index in [4.69, 9.17) is 10.8 Å². The number of hydrogen-bond donors (Lipinski definition) is 2. The highest BCUT2D eigenvalue weighted by Crippen LogP contribution is 2.26. The van der Waals surface area contributed by atoms with E-state index in [0.29, 0.717) is 0 Å². The van der Waals surface area contributed by atoms with Crippen molar-refractivity contribution in [1.29, 1.82) is 0 Å². The topological polar surface area (TPSA) is 66.6 Å². The van der Waals surface area contributed by atoms with Gasteiger partial charge in [0.05, 0.1) is 5.92 Å². The van der Waals surface area contributed by atoms with Crippen LogP contribution in [0.3, 0.4) is 0 Å². The van der Waals surface area contributed by atoms with Crippen molar-refractivity contribution < 1.29 is 9.90 Å². The van der Waals surface area contributed by atoms with Crippen LogP contribution in [0.2, 0.25) is 0 Å². The van der Waals surface area contributed by atoms with E-state index in [1.807, 2.05) is 19.1 Å². The number of aliphatic carboxylic acids is 1. The second-order valence-corrected chi connectivity index (χ2v) is 5.07. The second kappa shape index (κ2) is 4.98. The molecule has 0 amide bonds. The molecule has 0 spiro atoms. The first-order valence-corrected chi connectivity index (χ1v) is 6.33. The van der Waals surface area contributed by atoms with Crippen LogP contribution in [0.25, 0.3) is 0 Å². The molecule has 4 heteroatoms. The van der Waals surface area contributed by atoms with Gasteiger partial charge in [0.2, 0.25) is 0 Å². The molecule has 2 rings (SSSR count). The average Bonchev–Trinajstić information content (AvgIpc) is 2.36. The van der Waals surface area contributed by atoms with Crippen LogP contribution in [0.1, 0.15) is 25.0 Å². The van der Waals surface area contributed by atoms with Crippen molar-refractivity contribution in [2.75, 3.05) is 12.3 Å². The van der Waals surface area contributed by atoms with Crippen LogP contribution in [0.5, 0.6) is 0 Å². The Hall–Kier alpha value is -1.55. The molecule has 0 radical (unpaired) electrons. The van der Waals surface area contributed by atoms with Gasteiger partial charge in [-0.2, -0.15) is 0 Å². The first-order valence-electron chi connectivity index (χ1n) is 6.33. The fraction of sp³-hybridized carbons (Fsp3) is 0.500. The molecule has 2 atom stereocenters. The lowest BCUT2D eigenvalue weighted by Gasteiger charge is -2.35. The van der Waals surface area contributed by atoms with E-state index < -0.39 is 5.97 Å². The van der Waals surface area contributed by atoms with E-state index >= 15 is 0 Å². The maximum atomic E-state index is 11.0. The van der Waals surface area contributed by atoms with E-state index in [2.05, 4.69) is 11.0 Å². The number of nitrogens with zero attached hydrogens (tertiary/aromatic N) is 1. The van der Waals surface area contributed by atoms with Crippen LogP contribution in [-0.2, 0) is 17.8 Å². The number of carbonyl (C=O) groups is 1. The van der Waals surface area contributed by atoms with E-state index in [1.54, 1.807) is 6.92 Å². The smallest absolute Gasteiger partial charge is 0.307 e. The van der Waals surface area contributed by atoms with E-state index in [-0.39, 0.29) is 12.0 Å². The SMILES string of the molecule is CC(C(=O)O)C(C)N1CCc2c(N)cccc2C1. The minimum absolute atomic E-state index is 0.0390. The molecule has 4 nitrogen and oxygen atoms in total. The predicted octanol–water partition coefficient (Wildman–Crippen LogP) is 1.74. The maximum Gasteiger partial charge on any atom is 0.307 e. The number of carboxylic acid groups (broad SMARTS) is 1. The van der Waals surface area contributed by atoms with Gasteiger partial charge < -0.3 is 10.8 Å². The zero-order valence-electron chi connectivity index (χ0n) is 10.9. The summed E-state index contributed by atoms with van der Waals surface area (Å²) in [6, 6.07) is 6.01. The number of fused-ring (bicyclic) bond motifs is 1. The number of benzene rings is 1. The highest BCUT2D eigenvalue weighted by molar-refractivity contribution is 5.70. The Labute approximate surface area is 107 Å². The number of nitrogen functional groups attached to an aromatic ring is 1. The molecule has 1 heterocycles. The number of rotatable bonds is 3. The monoisotopic (exact) mass is 248 g/mol. The zero-order chi connectivity index (χ0) is 13.3. The molecular weight excluding hydrogens is 228 g/mol. The van der Waals surface area contributed by atoms with Crippen LogP contribution in [0.4, 0.5) is 5.69 Å². The summed E-state index contributed by atoms with van der Waals surface area (Å²) in [5.74, 6) is -1.09. The largest absolute Gasteiger partial charge is 0.481 e. The molecule has 1 aromatic carbocycles. The Bertz CT molecular complexity index is 459. The highest BCUT2D eigenvalue weighted by atomic mass is 16.4. The van der Waals surface area contributed by atoms with Crippen LogP contribution in [0, 0.1) is 5.92 Å². The van der Waals surface area contributed by atoms with Crippen molar-refractivity contribution in [3.8, 4) is 0 Å². The van der Waals surface area contributed by atoms with Crippen molar-refractivity contribution in [2.24, 2.45) is 5.92 Å². The number of carboxylic acids is 1. The molecular formula is C14H20N2O2. The van der Waals surface area contributed by atoms with Gasteiger partial charge in [-0.3, -0.25) is 9.69 Å². The maximum absolute atomic E-state index is 11.0. The van der Waals surface area contributed by atoms with E-state index in [9.17, 15) is 4.79 Å². The van der Waals surface area contributed by atoms with Gasteiger partial charge in [0, 0.05) is 24.8 Å². The first kappa shape index (κ1) is 12.9. The van der Waals surface area contributed by atoms with Crippen molar-refractivity contribution in [2.45, 2.75) is 32.9 Å². The first-order chi connectivity index (χ1) is 8.50. The summed E-state index contributed by atoms with van der Waals surface area (Å²) >= 11 is 0. The molecule has 1 aromatic rings. The molecule has 1 aliphatic rings. The Morgan fingerprint density at radius 1 is 1.44 bits per heavy atom. The van der Waals surface area contributed by atoms with Crippen LogP contribution in [0.15, 0.2) is 18.2 Å². The van der Waals surface area contributed by atoms with E-state index in [1.165, 1.54) is 11.1 Å². The van der Waals surface area contributed by atoms with Crippen LogP contribution < -0.4 is 5.73 Å². The molecule has 0 aromatic heterocycles. The minimum atomic E-state index is -0.735. The van der Waals surface area contributed by atoms with Gasteiger partial charge in [-0.05, 0) is 30.5 Å². The van der Waals surface area contributed by atoms with Crippen molar-refractivity contribution in [3.05, 3.63) is 29.3 Å². The summed E-state index contributed by atoms with van der Waals surface area (Å²) in [6.45, 7) is 5.41. The predicted molar refractivity (Wildman–Crippen MR) is 71.2 cm³/mol. The normalized spacial score (nSPS) is 19.0. The van der Waals surface area contributed by atoms with Crippen molar-refractivity contribution in [1.82, 2.24) is 4.90 Å². The van der Waals surface area contributed by atoms with Crippen molar-refractivity contribution >= 4 is 11.7 Å². The summed E-state index contributed by atoms with van der Waals surface area (Å²) in [4.78, 5) is 13.3. The highest BCUT2D eigenvalue weighted by Gasteiger charge is 2.28. The lowest BCUT2D eigenvalue weighted by atomic mass is 9.94. The molecule has 3 N–H and O–H groups in total. The molecule has 0 saturated heterocycles. The number of hydrogen-bond acceptors (Lipinski definition) is 3. The Kier molecular flexibility index (Phi) is 3.57. The fourth-order valence-electron chi connectivity index (χ4n) is 2.53. The average molecular weight is 248 g/mol. The molecule has 0 aliphatic carbocycles. The van der Waals surface area contributed by atoms with Crippen LogP contribution in [-0.4, -0.2) is 28.6 Å². The quantitative estimate of drug-likeness (QED) is 0.800. The molecule has 18 heavy (non-hydrogen) atoms. The zero-order valence-corrected chi connectivity index (χ0v) is 10.9. The Morgan fingerprint density at radius 2 is 2.17 bits per heavy atom. The van der Waals surface area contributed by atoms with Gasteiger partial charge in [0.1, 0.15) is 0 Å². The van der Waals surface area contributed by atoms with Gasteiger partial charge in [0.15, 0.2) is 0 Å². The molecule has 0 saturated carbocycles. The van der Waals surface area contributed by atoms with Crippen LogP contribution >= 0.6 is 0 Å². The summed E-state index contributed by atoms with van der Waals surface area (Å²) < 4.78 is 0. The lowest BCUT2D eigenvalue weighted by Crippen LogP contribution is -2.43. The molecule has 1 aliphatic heterocycles. The second-order valence-electron chi connectivity index (χ2n) is 5.07. The van der Waals surface area contributed by atoms with Gasteiger partial charge in [0.25, 0.3) is 0 Å². The molecule has 0 fully saturated rings. The summed E-state index contributed by atoms with van der Waals surface area (Å²) in [5.41, 5.74) is 9.26. The summed E-state index contributed by atoms with van der Waals surface area (Å²) in [7, 11) is 0. The minimum Gasteiger partial charge on any atom is -0.481 e. The Morgan fingerprint density at radius 3 is 2.83 bits per heavy atom. The third kappa shape index (κ3) is 2.34. The third-order valence-electron chi connectivity index (χ3n) is 4.02. The number of nitrogens with two attached hydrogens (primary N) is 1. The lowest BCUT2D eigenvalue weighted by molar-refractivity contribution is -0.143. The standard InChI is InChI=1S/C14H20N2O2/c1-9(14(17)18)10(2)16-7-6-12-11(8-16)4-3-5-13(12)15/h3-5,9-10H,6-8,15H2,1-2H3,(H,17,18). The molecule has 98 valence electrons. The summed E-state index contributed by atoms with van der Waals surface area (Å²) in [6.07, 6.45) is 0.901. The Balaban J connectivity index is 2.15.